The molecule has 0 atom stereocenters. The zero-order valence-corrected chi connectivity index (χ0v) is 19.5. The molecule has 1 heterocycles. The Morgan fingerprint density at radius 3 is 2.25 bits per heavy atom. The summed E-state index contributed by atoms with van der Waals surface area (Å²) in [6, 6.07) is 22.3. The molecule has 0 spiro atoms. The summed E-state index contributed by atoms with van der Waals surface area (Å²) in [6.45, 7) is 0.153. The van der Waals surface area contributed by atoms with Gasteiger partial charge in [-0.3, -0.25) is 19.8 Å². The molecule has 0 radical (unpaired) electrons. The molecule has 1 aliphatic heterocycles. The van der Waals surface area contributed by atoms with Crippen LogP contribution < -0.4 is 15.0 Å². The lowest BCUT2D eigenvalue weighted by atomic mass is 9.99. The van der Waals surface area contributed by atoms with Gasteiger partial charge in [-0.25, -0.2) is 8.78 Å². The number of nitrogens with one attached hydrogen (secondary N) is 1. The van der Waals surface area contributed by atoms with Gasteiger partial charge in [0.1, 0.15) is 29.6 Å². The fourth-order valence-corrected chi connectivity index (χ4v) is 4.20. The van der Waals surface area contributed by atoms with Crippen LogP contribution in [0.4, 0.5) is 14.5 Å². The third kappa shape index (κ3) is 4.58. The van der Waals surface area contributed by atoms with Crippen LogP contribution in [-0.4, -0.2) is 16.9 Å². The van der Waals surface area contributed by atoms with Crippen molar-refractivity contribution in [2.24, 2.45) is 0 Å². The number of benzene rings is 4. The first-order valence-electron chi connectivity index (χ1n) is 11.0. The number of carbonyl (C=O) groups is 2. The molecule has 1 fully saturated rings. The number of amides is 2. The van der Waals surface area contributed by atoms with Crippen LogP contribution in [0.1, 0.15) is 11.1 Å². The highest BCUT2D eigenvalue weighted by Crippen LogP contribution is 2.32. The third-order valence-electron chi connectivity index (χ3n) is 5.71. The highest BCUT2D eigenvalue weighted by Gasteiger charge is 2.34. The van der Waals surface area contributed by atoms with E-state index in [0.29, 0.717) is 17.0 Å². The second kappa shape index (κ2) is 9.67. The van der Waals surface area contributed by atoms with E-state index in [4.69, 9.17) is 17.0 Å². The van der Waals surface area contributed by atoms with Gasteiger partial charge in [-0.05, 0) is 77.1 Å². The standard InChI is InChI=1S/C28H18F2N2O3S/c29-19-8-5-17(6-9-19)16-35-25-14-7-18-3-1-2-4-22(18)23(25)15-24-26(33)31-28(36)32(27(24)34)21-12-10-20(30)11-13-21/h1-15H,16H2,(H,31,33,36)/b24-15-. The number of nitrogens with zero attached hydrogens (tertiary/aromatic N) is 1. The quantitative estimate of drug-likeness (QED) is 0.223. The Hall–Kier alpha value is -4.43. The molecule has 1 saturated heterocycles. The molecule has 5 nitrogen and oxygen atoms in total. The summed E-state index contributed by atoms with van der Waals surface area (Å²) < 4.78 is 32.7. The number of thiocarbonyl (C=S) groups is 1. The summed E-state index contributed by atoms with van der Waals surface area (Å²) in [6.07, 6.45) is 1.47. The van der Waals surface area contributed by atoms with Crippen LogP contribution in [0.15, 0.2) is 90.5 Å². The number of fused-ring (bicyclic) bond motifs is 1. The number of hydrogen-bond acceptors (Lipinski definition) is 4. The van der Waals surface area contributed by atoms with E-state index in [9.17, 15) is 18.4 Å². The molecule has 1 aliphatic rings. The minimum Gasteiger partial charge on any atom is -0.488 e. The second-order valence-electron chi connectivity index (χ2n) is 8.05. The smallest absolute Gasteiger partial charge is 0.270 e. The summed E-state index contributed by atoms with van der Waals surface area (Å²) in [5.41, 5.74) is 1.45. The Morgan fingerprint density at radius 1 is 0.861 bits per heavy atom. The Balaban J connectivity index is 1.57. The summed E-state index contributed by atoms with van der Waals surface area (Å²) in [4.78, 5) is 27.4. The maximum Gasteiger partial charge on any atom is 0.270 e. The highest BCUT2D eigenvalue weighted by molar-refractivity contribution is 7.80. The first-order valence-corrected chi connectivity index (χ1v) is 11.4. The van der Waals surface area contributed by atoms with Gasteiger partial charge < -0.3 is 4.74 Å². The normalized spacial score (nSPS) is 14.9. The average molecular weight is 501 g/mol. The van der Waals surface area contributed by atoms with Gasteiger partial charge in [0, 0.05) is 5.56 Å². The zero-order valence-electron chi connectivity index (χ0n) is 18.7. The lowest BCUT2D eigenvalue weighted by Gasteiger charge is -2.29. The van der Waals surface area contributed by atoms with Gasteiger partial charge in [0.05, 0.1) is 5.69 Å². The van der Waals surface area contributed by atoms with Crippen LogP contribution in [-0.2, 0) is 16.2 Å². The van der Waals surface area contributed by atoms with Crippen LogP contribution in [0.25, 0.3) is 16.8 Å². The van der Waals surface area contributed by atoms with Crippen molar-refractivity contribution in [3.63, 3.8) is 0 Å². The maximum absolute atomic E-state index is 13.4. The van der Waals surface area contributed by atoms with Crippen molar-refractivity contribution in [3.8, 4) is 5.75 Å². The minimum absolute atomic E-state index is 0.0977. The van der Waals surface area contributed by atoms with E-state index in [1.54, 1.807) is 18.2 Å². The largest absolute Gasteiger partial charge is 0.488 e. The molecule has 0 unspecified atom stereocenters. The SMILES string of the molecule is O=C1NC(=S)N(c2ccc(F)cc2)C(=O)/C1=C\c1c(OCc2ccc(F)cc2)ccc2ccccc12. The van der Waals surface area contributed by atoms with Crippen molar-refractivity contribution in [3.05, 3.63) is 113 Å². The van der Waals surface area contributed by atoms with Gasteiger partial charge in [-0.15, -0.1) is 0 Å². The Labute approximate surface area is 210 Å². The number of halogens is 2. The topological polar surface area (TPSA) is 58.6 Å². The van der Waals surface area contributed by atoms with Crippen molar-refractivity contribution in [1.29, 1.82) is 0 Å². The van der Waals surface area contributed by atoms with Gasteiger partial charge >= 0.3 is 0 Å². The second-order valence-corrected chi connectivity index (χ2v) is 8.43. The molecule has 0 bridgehead atoms. The molecule has 8 heteroatoms. The van der Waals surface area contributed by atoms with Crippen molar-refractivity contribution < 1.29 is 23.1 Å². The lowest BCUT2D eigenvalue weighted by molar-refractivity contribution is -0.122. The molecule has 4 aromatic rings. The number of rotatable bonds is 5. The van der Waals surface area contributed by atoms with Crippen LogP contribution in [0.2, 0.25) is 0 Å². The van der Waals surface area contributed by atoms with Crippen LogP contribution in [0, 0.1) is 11.6 Å². The van der Waals surface area contributed by atoms with E-state index < -0.39 is 17.6 Å². The monoisotopic (exact) mass is 500 g/mol. The first kappa shape index (κ1) is 23.3. The Bertz CT molecular complexity index is 1530. The van der Waals surface area contributed by atoms with Crippen molar-refractivity contribution in [2.45, 2.75) is 6.61 Å². The number of anilines is 1. The Morgan fingerprint density at radius 2 is 1.53 bits per heavy atom. The molecule has 0 saturated carbocycles. The lowest BCUT2D eigenvalue weighted by Crippen LogP contribution is -2.54. The van der Waals surface area contributed by atoms with E-state index >= 15 is 0 Å². The molecule has 5 rings (SSSR count). The Kier molecular flexibility index (Phi) is 6.26. The number of ether oxygens (including phenoxy) is 1. The molecule has 0 aromatic heterocycles. The molecule has 178 valence electrons. The number of carbonyl (C=O) groups excluding carboxylic acids is 2. The van der Waals surface area contributed by atoms with E-state index in [2.05, 4.69) is 5.32 Å². The van der Waals surface area contributed by atoms with E-state index in [-0.39, 0.29) is 23.1 Å². The summed E-state index contributed by atoms with van der Waals surface area (Å²) in [5.74, 6) is -1.67. The van der Waals surface area contributed by atoms with Crippen LogP contribution in [0.5, 0.6) is 5.75 Å². The van der Waals surface area contributed by atoms with Gasteiger partial charge in [0.2, 0.25) is 0 Å². The van der Waals surface area contributed by atoms with E-state index in [1.165, 1.54) is 42.5 Å². The van der Waals surface area contributed by atoms with E-state index in [1.807, 2.05) is 30.3 Å². The predicted octanol–water partition coefficient (Wildman–Crippen LogP) is 5.53. The van der Waals surface area contributed by atoms with Gasteiger partial charge in [0.25, 0.3) is 11.8 Å². The molecular formula is C28H18F2N2O3S. The predicted molar refractivity (Wildman–Crippen MR) is 137 cm³/mol. The molecule has 2 amide bonds. The minimum atomic E-state index is -0.652. The molecule has 4 aromatic carbocycles. The van der Waals surface area contributed by atoms with Gasteiger partial charge in [0.15, 0.2) is 5.11 Å². The molecule has 0 aliphatic carbocycles. The number of hydrogen-bond donors (Lipinski definition) is 1. The van der Waals surface area contributed by atoms with Crippen molar-refractivity contribution in [2.75, 3.05) is 4.90 Å². The van der Waals surface area contributed by atoms with Gasteiger partial charge in [-0.2, -0.15) is 0 Å². The van der Waals surface area contributed by atoms with Crippen molar-refractivity contribution in [1.82, 2.24) is 5.32 Å². The van der Waals surface area contributed by atoms with Gasteiger partial charge in [-0.1, -0.05) is 42.5 Å². The first-order chi connectivity index (χ1) is 17.4. The molecule has 1 N–H and O–H groups in total. The van der Waals surface area contributed by atoms with E-state index in [0.717, 1.165) is 21.2 Å². The molecular weight excluding hydrogens is 482 g/mol. The van der Waals surface area contributed by atoms with Crippen LogP contribution >= 0.6 is 12.2 Å². The maximum atomic E-state index is 13.4. The summed E-state index contributed by atoms with van der Waals surface area (Å²) in [7, 11) is 0. The third-order valence-corrected chi connectivity index (χ3v) is 6.00. The fraction of sp³-hybridized carbons (Fsp3) is 0.0357. The van der Waals surface area contributed by atoms with Crippen molar-refractivity contribution >= 4 is 51.7 Å². The van der Waals surface area contributed by atoms with Crippen LogP contribution in [0.3, 0.4) is 0 Å². The fourth-order valence-electron chi connectivity index (χ4n) is 3.92. The highest BCUT2D eigenvalue weighted by atomic mass is 32.1. The summed E-state index contributed by atoms with van der Waals surface area (Å²) in [5, 5.41) is 4.09. The summed E-state index contributed by atoms with van der Waals surface area (Å²) >= 11 is 5.22. The zero-order chi connectivity index (χ0) is 25.2. The average Bonchev–Trinajstić information content (AvgIpc) is 2.87. The molecule has 36 heavy (non-hydrogen) atoms.